The summed E-state index contributed by atoms with van der Waals surface area (Å²) < 4.78 is 0. The van der Waals surface area contributed by atoms with Crippen molar-refractivity contribution in [1.29, 1.82) is 0 Å². The predicted molar refractivity (Wildman–Crippen MR) is 127 cm³/mol. The molecule has 3 N–H and O–H groups in total. The van der Waals surface area contributed by atoms with E-state index in [1.54, 1.807) is 30.6 Å². The molecule has 9 heteroatoms. The summed E-state index contributed by atoms with van der Waals surface area (Å²) in [7, 11) is 0. The van der Waals surface area contributed by atoms with Crippen LogP contribution in [0.3, 0.4) is 0 Å². The zero-order chi connectivity index (χ0) is 21.4. The van der Waals surface area contributed by atoms with E-state index in [1.165, 1.54) is 19.4 Å². The zero-order valence-electron chi connectivity index (χ0n) is 17.0. The minimum atomic E-state index is -0.375. The second-order valence-electron chi connectivity index (χ2n) is 8.23. The molecular weight excluding hydrogens is 435 g/mol. The minimum absolute atomic E-state index is 0.375. The lowest BCUT2D eigenvalue weighted by atomic mass is 10.2. The average Bonchev–Trinajstić information content (AvgIpc) is 3.49. The number of aromatic amines is 1. The quantitative estimate of drug-likeness (QED) is 0.500. The summed E-state index contributed by atoms with van der Waals surface area (Å²) in [4.78, 5) is 24.9. The van der Waals surface area contributed by atoms with Gasteiger partial charge in [-0.2, -0.15) is 0 Å². The van der Waals surface area contributed by atoms with E-state index in [0.29, 0.717) is 21.4 Å². The molecule has 2 aromatic heterocycles. The molecule has 162 valence electrons. The smallest absolute Gasteiger partial charge is 0.323 e. The number of urea groups is 1. The number of piperazine rings is 1. The molecule has 1 saturated carbocycles. The molecule has 1 aromatic carbocycles. The normalized spacial score (nSPS) is 17.2. The molecular formula is C22H24Cl2N6O. The van der Waals surface area contributed by atoms with Crippen LogP contribution in [-0.4, -0.2) is 53.6 Å². The Kier molecular flexibility index (Phi) is 5.65. The first-order chi connectivity index (χ1) is 15.0. The van der Waals surface area contributed by atoms with Crippen molar-refractivity contribution < 1.29 is 4.79 Å². The largest absolute Gasteiger partial charge is 0.359 e. The second-order valence-corrected chi connectivity index (χ2v) is 9.08. The van der Waals surface area contributed by atoms with Crippen molar-refractivity contribution >= 4 is 57.3 Å². The molecule has 5 rings (SSSR count). The monoisotopic (exact) mass is 458 g/mol. The van der Waals surface area contributed by atoms with Gasteiger partial charge in [-0.1, -0.05) is 23.2 Å². The van der Waals surface area contributed by atoms with Crippen molar-refractivity contribution in [3.05, 3.63) is 46.7 Å². The highest BCUT2D eigenvalue weighted by atomic mass is 35.5. The molecule has 2 amide bonds. The number of nitrogens with zero attached hydrogens (tertiary/aromatic N) is 3. The SMILES string of the molecule is O=C(Nc1cnc(N2CCN(CC3CC3)CC2)c(Cl)c1)Nc1c[nH]c2ccc(Cl)cc12. The second kappa shape index (κ2) is 8.57. The third-order valence-electron chi connectivity index (χ3n) is 5.86. The van der Waals surface area contributed by atoms with E-state index < -0.39 is 0 Å². The fourth-order valence-corrected chi connectivity index (χ4v) is 4.48. The topological polar surface area (TPSA) is 76.3 Å². The number of aromatic nitrogens is 2. The Morgan fingerprint density at radius 3 is 2.68 bits per heavy atom. The van der Waals surface area contributed by atoms with Crippen molar-refractivity contribution in [2.75, 3.05) is 48.3 Å². The molecule has 3 aromatic rings. The first kappa shape index (κ1) is 20.4. The number of benzene rings is 1. The summed E-state index contributed by atoms with van der Waals surface area (Å²) in [6, 6.07) is 6.84. The molecule has 0 unspecified atom stereocenters. The Balaban J connectivity index is 1.20. The van der Waals surface area contributed by atoms with E-state index in [1.807, 2.05) is 6.07 Å². The molecule has 2 aliphatic rings. The van der Waals surface area contributed by atoms with Crippen molar-refractivity contribution in [1.82, 2.24) is 14.9 Å². The molecule has 7 nitrogen and oxygen atoms in total. The van der Waals surface area contributed by atoms with Gasteiger partial charge in [-0.3, -0.25) is 4.90 Å². The summed E-state index contributed by atoms with van der Waals surface area (Å²) in [5, 5.41) is 7.62. The minimum Gasteiger partial charge on any atom is -0.359 e. The Labute approximate surface area is 190 Å². The van der Waals surface area contributed by atoms with E-state index in [-0.39, 0.29) is 6.03 Å². The van der Waals surface area contributed by atoms with Crippen LogP contribution in [0.15, 0.2) is 36.7 Å². The van der Waals surface area contributed by atoms with Gasteiger partial charge in [0.05, 0.1) is 22.6 Å². The number of carbonyl (C=O) groups is 1. The van der Waals surface area contributed by atoms with E-state index in [4.69, 9.17) is 23.2 Å². The first-order valence-electron chi connectivity index (χ1n) is 10.5. The van der Waals surface area contributed by atoms with Crippen LogP contribution in [0.1, 0.15) is 12.8 Å². The maximum Gasteiger partial charge on any atom is 0.323 e. The standard InChI is InChI=1S/C22H24Cl2N6O/c23-15-3-4-19-17(9-15)20(12-25-19)28-22(31)27-16-10-18(24)21(26-11-16)30-7-5-29(6-8-30)13-14-1-2-14/h3-4,9-12,14,25H,1-2,5-8,13H2,(H2,27,28,31). The van der Waals surface area contributed by atoms with E-state index >= 15 is 0 Å². The lowest BCUT2D eigenvalue weighted by molar-refractivity contribution is 0.247. The molecule has 31 heavy (non-hydrogen) atoms. The van der Waals surface area contributed by atoms with Crippen molar-refractivity contribution in [2.45, 2.75) is 12.8 Å². The van der Waals surface area contributed by atoms with E-state index in [0.717, 1.165) is 48.8 Å². The number of rotatable bonds is 5. The van der Waals surface area contributed by atoms with Gasteiger partial charge in [-0.25, -0.2) is 9.78 Å². The van der Waals surface area contributed by atoms with Crippen LogP contribution < -0.4 is 15.5 Å². The highest BCUT2D eigenvalue weighted by Gasteiger charge is 2.27. The number of fused-ring (bicyclic) bond motifs is 1. The number of hydrogen-bond donors (Lipinski definition) is 3. The third-order valence-corrected chi connectivity index (χ3v) is 6.37. The Bertz CT molecular complexity index is 1100. The average molecular weight is 459 g/mol. The maximum atomic E-state index is 12.5. The van der Waals surface area contributed by atoms with Crippen LogP contribution in [0.5, 0.6) is 0 Å². The van der Waals surface area contributed by atoms with Gasteiger partial charge in [0.1, 0.15) is 5.82 Å². The van der Waals surface area contributed by atoms with Crippen LogP contribution >= 0.6 is 23.2 Å². The van der Waals surface area contributed by atoms with Gasteiger partial charge in [0.15, 0.2) is 0 Å². The molecule has 0 bridgehead atoms. The number of nitrogens with one attached hydrogen (secondary N) is 3. The molecule has 3 heterocycles. The lowest BCUT2D eigenvalue weighted by Crippen LogP contribution is -2.47. The van der Waals surface area contributed by atoms with Gasteiger partial charge in [0, 0.05) is 54.8 Å². The van der Waals surface area contributed by atoms with Gasteiger partial charge in [-0.05, 0) is 43.0 Å². The molecule has 0 spiro atoms. The number of halogens is 2. The number of anilines is 3. The predicted octanol–water partition coefficient (Wildman–Crippen LogP) is 5.05. The number of carbonyl (C=O) groups excluding carboxylic acids is 1. The molecule has 0 radical (unpaired) electrons. The van der Waals surface area contributed by atoms with E-state index in [9.17, 15) is 4.79 Å². The summed E-state index contributed by atoms with van der Waals surface area (Å²) in [6.07, 6.45) is 6.13. The van der Waals surface area contributed by atoms with Crippen molar-refractivity contribution in [2.24, 2.45) is 5.92 Å². The molecule has 2 fully saturated rings. The summed E-state index contributed by atoms with van der Waals surface area (Å²) in [6.45, 7) is 5.11. The van der Waals surface area contributed by atoms with Crippen LogP contribution in [0.25, 0.3) is 10.9 Å². The summed E-state index contributed by atoms with van der Waals surface area (Å²) in [5.74, 6) is 1.68. The lowest BCUT2D eigenvalue weighted by Gasteiger charge is -2.35. The molecule has 1 saturated heterocycles. The fraction of sp³-hybridized carbons (Fsp3) is 0.364. The van der Waals surface area contributed by atoms with Gasteiger partial charge < -0.3 is 20.5 Å². The summed E-state index contributed by atoms with van der Waals surface area (Å²) in [5.41, 5.74) is 2.08. The fourth-order valence-electron chi connectivity index (χ4n) is 4.02. The number of pyridine rings is 1. The zero-order valence-corrected chi connectivity index (χ0v) is 18.5. The number of H-pyrrole nitrogens is 1. The highest BCUT2D eigenvalue weighted by molar-refractivity contribution is 6.33. The number of amides is 2. The van der Waals surface area contributed by atoms with Crippen LogP contribution in [-0.2, 0) is 0 Å². The van der Waals surface area contributed by atoms with Crippen LogP contribution in [0, 0.1) is 5.92 Å². The maximum absolute atomic E-state index is 12.5. The van der Waals surface area contributed by atoms with Crippen molar-refractivity contribution in [3.8, 4) is 0 Å². The molecule has 1 aliphatic carbocycles. The van der Waals surface area contributed by atoms with Gasteiger partial charge in [0.2, 0.25) is 0 Å². The third kappa shape index (κ3) is 4.74. The first-order valence-corrected chi connectivity index (χ1v) is 11.3. The number of hydrogen-bond acceptors (Lipinski definition) is 4. The molecule has 1 aliphatic heterocycles. The Hall–Kier alpha value is -2.48. The Morgan fingerprint density at radius 1 is 1.13 bits per heavy atom. The van der Waals surface area contributed by atoms with Gasteiger partial charge >= 0.3 is 6.03 Å². The Morgan fingerprint density at radius 2 is 1.94 bits per heavy atom. The van der Waals surface area contributed by atoms with Crippen LogP contribution in [0.4, 0.5) is 22.0 Å². The highest BCUT2D eigenvalue weighted by Crippen LogP contribution is 2.31. The van der Waals surface area contributed by atoms with Gasteiger partial charge in [-0.15, -0.1) is 0 Å². The summed E-state index contributed by atoms with van der Waals surface area (Å²) >= 11 is 12.6. The molecule has 0 atom stereocenters. The van der Waals surface area contributed by atoms with E-state index in [2.05, 4.69) is 30.4 Å². The van der Waals surface area contributed by atoms with Gasteiger partial charge in [0.25, 0.3) is 0 Å². The van der Waals surface area contributed by atoms with Crippen LogP contribution in [0.2, 0.25) is 10.0 Å². The van der Waals surface area contributed by atoms with Crippen molar-refractivity contribution in [3.63, 3.8) is 0 Å².